The largest absolute Gasteiger partial charge is 0.496 e. The summed E-state index contributed by atoms with van der Waals surface area (Å²) in [6.45, 7) is 6.87. The number of hydrogen-bond donors (Lipinski definition) is 2. The predicted octanol–water partition coefficient (Wildman–Crippen LogP) is 2.49. The first-order chi connectivity index (χ1) is 9.77. The van der Waals surface area contributed by atoms with E-state index in [0.29, 0.717) is 18.7 Å². The summed E-state index contributed by atoms with van der Waals surface area (Å²) in [5.74, 6) is 0.468. The van der Waals surface area contributed by atoms with Gasteiger partial charge in [-0.2, -0.15) is 0 Å². The zero-order chi connectivity index (χ0) is 16.0. The van der Waals surface area contributed by atoms with Crippen LogP contribution < -0.4 is 10.1 Å². The van der Waals surface area contributed by atoms with Crippen molar-refractivity contribution < 1.29 is 14.8 Å². The molecule has 0 saturated heterocycles. The number of rotatable bonds is 7. The number of nitrogens with zero attached hydrogens (tertiary/aromatic N) is 1. The summed E-state index contributed by atoms with van der Waals surface area (Å²) in [4.78, 5) is 10.5. The summed E-state index contributed by atoms with van der Waals surface area (Å²) < 4.78 is 5.10. The van der Waals surface area contributed by atoms with Gasteiger partial charge in [-0.25, -0.2) is 0 Å². The first kappa shape index (κ1) is 17.4. The number of aliphatic hydroxyl groups excluding tert-OH is 1. The molecule has 0 amide bonds. The summed E-state index contributed by atoms with van der Waals surface area (Å²) >= 11 is 0. The third-order valence-electron chi connectivity index (χ3n) is 3.41. The normalized spacial score (nSPS) is 13.0. The molecule has 0 bridgehead atoms. The molecule has 6 nitrogen and oxygen atoms in total. The molecule has 0 radical (unpaired) electrons. The zero-order valence-electron chi connectivity index (χ0n) is 13.0. The molecule has 1 rings (SSSR count). The minimum atomic E-state index is -0.430. The number of ether oxygens (including phenoxy) is 1. The van der Waals surface area contributed by atoms with Crippen LogP contribution in [0.25, 0.3) is 0 Å². The number of nitro benzene ring substituents is 1. The fraction of sp³-hybridized carbons (Fsp3) is 0.600. The molecule has 1 atom stereocenters. The van der Waals surface area contributed by atoms with Gasteiger partial charge in [0.1, 0.15) is 5.75 Å². The van der Waals surface area contributed by atoms with Crippen LogP contribution in [0.4, 0.5) is 5.69 Å². The molecule has 118 valence electrons. The summed E-state index contributed by atoms with van der Waals surface area (Å²) in [7, 11) is 1.49. The molecule has 1 aromatic carbocycles. The summed E-state index contributed by atoms with van der Waals surface area (Å²) in [6, 6.07) is 4.83. The van der Waals surface area contributed by atoms with E-state index in [1.54, 1.807) is 6.07 Å². The molecule has 1 aromatic rings. The minimum absolute atomic E-state index is 0.00642. The van der Waals surface area contributed by atoms with E-state index in [0.717, 1.165) is 5.56 Å². The highest BCUT2D eigenvalue weighted by molar-refractivity contribution is 5.42. The van der Waals surface area contributed by atoms with Crippen molar-refractivity contribution in [2.45, 2.75) is 39.8 Å². The molecule has 0 fully saturated rings. The van der Waals surface area contributed by atoms with E-state index in [9.17, 15) is 10.1 Å². The lowest BCUT2D eigenvalue weighted by Crippen LogP contribution is -2.40. The number of nitro groups is 1. The number of methoxy groups -OCH3 is 1. The average Bonchev–Trinajstić information content (AvgIpc) is 2.41. The Hall–Kier alpha value is -1.66. The van der Waals surface area contributed by atoms with Crippen LogP contribution in [0.1, 0.15) is 32.8 Å². The van der Waals surface area contributed by atoms with Gasteiger partial charge in [-0.3, -0.25) is 10.1 Å². The van der Waals surface area contributed by atoms with Crippen LogP contribution in [0, 0.1) is 15.5 Å². The molecule has 0 aliphatic rings. The van der Waals surface area contributed by atoms with Crippen molar-refractivity contribution >= 4 is 5.69 Å². The number of hydrogen-bond acceptors (Lipinski definition) is 5. The smallest absolute Gasteiger partial charge is 0.273 e. The molecule has 0 aliphatic heterocycles. The van der Waals surface area contributed by atoms with Gasteiger partial charge in [0, 0.05) is 25.3 Å². The molecule has 2 N–H and O–H groups in total. The van der Waals surface area contributed by atoms with Crippen molar-refractivity contribution in [2.24, 2.45) is 5.41 Å². The molecule has 0 spiro atoms. The molecule has 1 unspecified atom stereocenters. The number of benzene rings is 1. The maximum absolute atomic E-state index is 10.9. The van der Waals surface area contributed by atoms with Gasteiger partial charge in [0.05, 0.1) is 18.1 Å². The van der Waals surface area contributed by atoms with Crippen LogP contribution in [0.2, 0.25) is 0 Å². The maximum atomic E-state index is 10.9. The monoisotopic (exact) mass is 296 g/mol. The third-order valence-corrected chi connectivity index (χ3v) is 3.41. The van der Waals surface area contributed by atoms with E-state index in [1.165, 1.54) is 19.2 Å². The molecular formula is C15H24N2O4. The lowest BCUT2D eigenvalue weighted by molar-refractivity contribution is -0.385. The Bertz CT molecular complexity index is 483. The van der Waals surface area contributed by atoms with Gasteiger partial charge in [0.25, 0.3) is 5.69 Å². The Morgan fingerprint density at radius 2 is 2.05 bits per heavy atom. The van der Waals surface area contributed by atoms with Gasteiger partial charge in [-0.1, -0.05) is 20.8 Å². The fourth-order valence-electron chi connectivity index (χ4n) is 2.18. The second-order valence-corrected chi connectivity index (χ2v) is 6.11. The first-order valence-corrected chi connectivity index (χ1v) is 6.94. The van der Waals surface area contributed by atoms with Crippen LogP contribution in [0.3, 0.4) is 0 Å². The van der Waals surface area contributed by atoms with Crippen molar-refractivity contribution in [1.82, 2.24) is 5.32 Å². The van der Waals surface area contributed by atoms with Crippen LogP contribution in [0.15, 0.2) is 18.2 Å². The molecular weight excluding hydrogens is 272 g/mol. The Balaban J connectivity index is 2.86. The Morgan fingerprint density at radius 1 is 1.38 bits per heavy atom. The quantitative estimate of drug-likeness (QED) is 0.596. The van der Waals surface area contributed by atoms with Crippen molar-refractivity contribution in [1.29, 1.82) is 0 Å². The van der Waals surface area contributed by atoms with E-state index in [4.69, 9.17) is 9.84 Å². The maximum Gasteiger partial charge on any atom is 0.273 e. The van der Waals surface area contributed by atoms with Gasteiger partial charge in [0.15, 0.2) is 0 Å². The van der Waals surface area contributed by atoms with Gasteiger partial charge < -0.3 is 15.2 Å². The number of nitrogens with one attached hydrogen (secondary N) is 1. The predicted molar refractivity (Wildman–Crippen MR) is 81.4 cm³/mol. The lowest BCUT2D eigenvalue weighted by Gasteiger charge is -2.31. The van der Waals surface area contributed by atoms with Crippen molar-refractivity contribution in [3.8, 4) is 5.75 Å². The second kappa shape index (κ2) is 7.38. The van der Waals surface area contributed by atoms with Gasteiger partial charge in [0.2, 0.25) is 0 Å². The van der Waals surface area contributed by atoms with Crippen molar-refractivity contribution in [3.05, 3.63) is 33.9 Å². The van der Waals surface area contributed by atoms with E-state index >= 15 is 0 Å². The van der Waals surface area contributed by atoms with Crippen LogP contribution in [-0.4, -0.2) is 29.8 Å². The minimum Gasteiger partial charge on any atom is -0.496 e. The number of non-ortho nitro benzene ring substituents is 1. The fourth-order valence-corrected chi connectivity index (χ4v) is 2.18. The standard InChI is InChI=1S/C15H24N2O4/c1-15(2,3)14(5-6-18)16-10-11-7-12(17(19)20)9-13(8-11)21-4/h7-9,14,16,18H,5-6,10H2,1-4H3. The van der Waals surface area contributed by atoms with Crippen LogP contribution in [0.5, 0.6) is 5.75 Å². The molecule has 0 aromatic heterocycles. The molecule has 0 aliphatic carbocycles. The Labute approximate surface area is 125 Å². The third kappa shape index (κ3) is 5.32. The first-order valence-electron chi connectivity index (χ1n) is 6.94. The van der Waals surface area contributed by atoms with Crippen molar-refractivity contribution in [3.63, 3.8) is 0 Å². The van der Waals surface area contributed by atoms with E-state index in [1.807, 2.05) is 0 Å². The van der Waals surface area contributed by atoms with Crippen LogP contribution in [-0.2, 0) is 6.54 Å². The highest BCUT2D eigenvalue weighted by Gasteiger charge is 2.23. The van der Waals surface area contributed by atoms with E-state index < -0.39 is 4.92 Å². The van der Waals surface area contributed by atoms with E-state index in [-0.39, 0.29) is 23.8 Å². The summed E-state index contributed by atoms with van der Waals surface area (Å²) in [6.07, 6.45) is 0.634. The van der Waals surface area contributed by atoms with Gasteiger partial charge >= 0.3 is 0 Å². The average molecular weight is 296 g/mol. The Kier molecular flexibility index (Phi) is 6.11. The van der Waals surface area contributed by atoms with Gasteiger partial charge in [-0.05, 0) is 23.5 Å². The zero-order valence-corrected chi connectivity index (χ0v) is 13.0. The summed E-state index contributed by atoms with van der Waals surface area (Å²) in [5, 5.41) is 23.4. The molecule has 21 heavy (non-hydrogen) atoms. The van der Waals surface area contributed by atoms with Gasteiger partial charge in [-0.15, -0.1) is 0 Å². The lowest BCUT2D eigenvalue weighted by atomic mass is 9.85. The Morgan fingerprint density at radius 3 is 2.52 bits per heavy atom. The van der Waals surface area contributed by atoms with E-state index in [2.05, 4.69) is 26.1 Å². The second-order valence-electron chi connectivity index (χ2n) is 6.11. The molecule has 0 saturated carbocycles. The number of aliphatic hydroxyl groups is 1. The summed E-state index contributed by atoms with van der Waals surface area (Å²) in [5.41, 5.74) is 0.793. The molecule has 0 heterocycles. The highest BCUT2D eigenvalue weighted by atomic mass is 16.6. The highest BCUT2D eigenvalue weighted by Crippen LogP contribution is 2.25. The topological polar surface area (TPSA) is 84.6 Å². The molecule has 6 heteroatoms. The van der Waals surface area contributed by atoms with Crippen molar-refractivity contribution in [2.75, 3.05) is 13.7 Å². The SMILES string of the molecule is COc1cc(CNC(CCO)C(C)(C)C)cc([N+](=O)[O-])c1. The van der Waals surface area contributed by atoms with Crippen LogP contribution >= 0.6 is 0 Å².